The molecule has 1 saturated heterocycles. The quantitative estimate of drug-likeness (QED) is 0.768. The monoisotopic (exact) mass is 255 g/mol. The lowest BCUT2D eigenvalue weighted by Gasteiger charge is -2.42. The second-order valence-electron chi connectivity index (χ2n) is 5.34. The van der Waals surface area contributed by atoms with E-state index in [4.69, 9.17) is 6.11 Å². The number of ether oxygens (including phenoxy) is 1. The molecule has 1 N–H and O–H groups in total. The molecule has 0 unspecified atom stereocenters. The zero-order chi connectivity index (χ0) is 13.7. The predicted molar refractivity (Wildman–Crippen MR) is 71.6 cm³/mol. The van der Waals surface area contributed by atoms with Crippen molar-refractivity contribution in [3.05, 3.63) is 0 Å². The molecule has 1 atom stereocenters. The van der Waals surface area contributed by atoms with E-state index in [9.17, 15) is 4.79 Å². The van der Waals surface area contributed by atoms with E-state index in [2.05, 4.69) is 17.1 Å². The molecule has 1 amide bonds. The Balaban J connectivity index is 1.73. The molecule has 1 heterocycles. The summed E-state index contributed by atoms with van der Waals surface area (Å²) < 4.78 is 13.5. The molecule has 2 aliphatic rings. The third-order valence-electron chi connectivity index (χ3n) is 3.85. The normalized spacial score (nSPS) is 28.1. The minimum absolute atomic E-state index is 0.144. The molecule has 104 valence electrons. The highest BCUT2D eigenvalue weighted by molar-refractivity contribution is 5.67. The Morgan fingerprint density at radius 3 is 2.94 bits per heavy atom. The van der Waals surface area contributed by atoms with E-state index >= 15 is 0 Å². The van der Waals surface area contributed by atoms with Gasteiger partial charge in [-0.15, -0.1) is 0 Å². The Morgan fingerprint density at radius 2 is 2.28 bits per heavy atom. The Kier molecular flexibility index (Phi) is 4.76. The van der Waals surface area contributed by atoms with Crippen LogP contribution in [0, 0.1) is 0 Å². The fourth-order valence-corrected chi connectivity index (χ4v) is 2.55. The smallest absolute Gasteiger partial charge is 0.407 e. The summed E-state index contributed by atoms with van der Waals surface area (Å²) in [5, 5.41) is 2.94. The van der Waals surface area contributed by atoms with Crippen LogP contribution in [0.4, 0.5) is 4.79 Å². The van der Waals surface area contributed by atoms with Crippen molar-refractivity contribution in [2.24, 2.45) is 0 Å². The van der Waals surface area contributed by atoms with Gasteiger partial charge in [0.1, 0.15) is 0 Å². The van der Waals surface area contributed by atoms with Crippen LogP contribution in [0.25, 0.3) is 0 Å². The summed E-state index contributed by atoms with van der Waals surface area (Å²) >= 11 is 0. The molecule has 1 aliphatic heterocycles. The molecule has 0 aromatic carbocycles. The first-order valence-electron chi connectivity index (χ1n) is 7.82. The molecular formula is C14H26N2O2. The summed E-state index contributed by atoms with van der Waals surface area (Å²) in [6, 6.07) is -0.211. The molecule has 1 aliphatic carbocycles. The average Bonchev–Trinajstić information content (AvgIpc) is 2.36. The third-order valence-corrected chi connectivity index (χ3v) is 3.85. The Bertz CT molecular complexity index is 308. The van der Waals surface area contributed by atoms with Crippen LogP contribution >= 0.6 is 0 Å². The molecule has 0 aromatic heterocycles. The van der Waals surface area contributed by atoms with E-state index in [1.165, 1.54) is 0 Å². The second-order valence-corrected chi connectivity index (χ2v) is 5.34. The number of alkyl carbamates (subject to hydrolysis) is 1. The van der Waals surface area contributed by atoms with Crippen molar-refractivity contribution in [2.45, 2.75) is 63.9 Å². The van der Waals surface area contributed by atoms with Crippen LogP contribution in [0.3, 0.4) is 0 Å². The second kappa shape index (κ2) is 6.98. The lowest BCUT2D eigenvalue weighted by Crippen LogP contribution is -2.52. The summed E-state index contributed by atoms with van der Waals surface area (Å²) in [5.74, 6) is 0. The third kappa shape index (κ3) is 3.87. The molecule has 0 radical (unpaired) electrons. The van der Waals surface area contributed by atoms with Crippen LogP contribution in [0.2, 0.25) is 0 Å². The molecule has 18 heavy (non-hydrogen) atoms. The molecule has 2 fully saturated rings. The van der Waals surface area contributed by atoms with Crippen molar-refractivity contribution in [2.75, 3.05) is 19.7 Å². The van der Waals surface area contributed by atoms with Gasteiger partial charge in [-0.05, 0) is 38.6 Å². The number of nitrogens with one attached hydrogen (secondary N) is 1. The maximum atomic E-state index is 11.6. The van der Waals surface area contributed by atoms with Crippen LogP contribution in [0.1, 0.15) is 53.2 Å². The number of hydrogen-bond acceptors (Lipinski definition) is 3. The SMILES string of the molecule is [2H]C1(N2CCC[C@@H](NC(=O)OCCCC)C2)CCC1. The molecular weight excluding hydrogens is 228 g/mol. The summed E-state index contributed by atoms with van der Waals surface area (Å²) in [6.07, 6.45) is 6.81. The van der Waals surface area contributed by atoms with Gasteiger partial charge in [-0.2, -0.15) is 0 Å². The molecule has 0 aromatic rings. The van der Waals surface area contributed by atoms with Crippen molar-refractivity contribution in [1.29, 1.82) is 0 Å². The van der Waals surface area contributed by atoms with Gasteiger partial charge in [0.25, 0.3) is 0 Å². The molecule has 4 nitrogen and oxygen atoms in total. The van der Waals surface area contributed by atoms with E-state index in [1.54, 1.807) is 0 Å². The van der Waals surface area contributed by atoms with Crippen molar-refractivity contribution in [3.63, 3.8) is 0 Å². The van der Waals surface area contributed by atoms with Gasteiger partial charge in [-0.1, -0.05) is 19.8 Å². The number of likely N-dealkylation sites (tertiary alicyclic amines) is 1. The number of carbonyl (C=O) groups excluding carboxylic acids is 1. The zero-order valence-electron chi connectivity index (χ0n) is 12.4. The number of carbonyl (C=O) groups is 1. The predicted octanol–water partition coefficient (Wildman–Crippen LogP) is 2.53. The Labute approximate surface area is 111 Å². The van der Waals surface area contributed by atoms with Crippen molar-refractivity contribution >= 4 is 6.09 Å². The van der Waals surface area contributed by atoms with E-state index in [-0.39, 0.29) is 18.2 Å². The highest BCUT2D eigenvalue weighted by atomic mass is 16.5. The fourth-order valence-electron chi connectivity index (χ4n) is 2.55. The van der Waals surface area contributed by atoms with E-state index < -0.39 is 0 Å². The van der Waals surface area contributed by atoms with Gasteiger partial charge in [0.15, 0.2) is 0 Å². The van der Waals surface area contributed by atoms with Crippen molar-refractivity contribution < 1.29 is 10.9 Å². The number of amides is 1. The van der Waals surface area contributed by atoms with Gasteiger partial charge in [0, 0.05) is 20.0 Å². The van der Waals surface area contributed by atoms with Gasteiger partial charge in [0.05, 0.1) is 6.61 Å². The average molecular weight is 255 g/mol. The highest BCUT2D eigenvalue weighted by Crippen LogP contribution is 2.27. The van der Waals surface area contributed by atoms with Gasteiger partial charge in [0.2, 0.25) is 0 Å². The highest BCUT2D eigenvalue weighted by Gasteiger charge is 2.30. The summed E-state index contributed by atoms with van der Waals surface area (Å²) in [4.78, 5) is 13.9. The van der Waals surface area contributed by atoms with E-state index in [0.717, 1.165) is 58.0 Å². The number of piperidine rings is 1. The summed E-state index contributed by atoms with van der Waals surface area (Å²) in [7, 11) is 0. The van der Waals surface area contributed by atoms with Gasteiger partial charge in [-0.3, -0.25) is 4.90 Å². The minimum atomic E-state index is -0.355. The largest absolute Gasteiger partial charge is 0.450 e. The molecule has 2 rings (SSSR count). The first-order chi connectivity index (χ1) is 9.14. The number of unbranched alkanes of at least 4 members (excludes halogenated alkanes) is 1. The maximum absolute atomic E-state index is 11.6. The molecule has 0 bridgehead atoms. The van der Waals surface area contributed by atoms with Crippen LogP contribution < -0.4 is 5.32 Å². The standard InChI is InChI=1S/C14H26N2O2/c1-2-3-10-18-14(17)15-12-6-5-9-16(11-12)13-7-4-8-13/h12-13H,2-11H2,1H3,(H,15,17)/t12-/m1/s1/i13D. The van der Waals surface area contributed by atoms with Crippen molar-refractivity contribution in [1.82, 2.24) is 10.2 Å². The topological polar surface area (TPSA) is 41.6 Å². The first kappa shape index (κ1) is 12.3. The fraction of sp³-hybridized carbons (Fsp3) is 0.929. The summed E-state index contributed by atoms with van der Waals surface area (Å²) in [6.45, 7) is 4.37. The number of nitrogens with zero attached hydrogens (tertiary/aromatic N) is 1. The molecule has 4 heteroatoms. The molecule has 0 spiro atoms. The van der Waals surface area contributed by atoms with Crippen LogP contribution in [-0.2, 0) is 4.74 Å². The lowest BCUT2D eigenvalue weighted by molar-refractivity contribution is 0.0817. The maximum Gasteiger partial charge on any atom is 0.407 e. The Morgan fingerprint density at radius 1 is 1.44 bits per heavy atom. The van der Waals surface area contributed by atoms with Crippen molar-refractivity contribution in [3.8, 4) is 0 Å². The summed E-state index contributed by atoms with van der Waals surface area (Å²) in [5.41, 5.74) is 0. The zero-order valence-corrected chi connectivity index (χ0v) is 11.4. The number of hydrogen-bond donors (Lipinski definition) is 1. The van der Waals surface area contributed by atoms with Crippen LogP contribution in [0.5, 0.6) is 0 Å². The lowest BCUT2D eigenvalue weighted by atomic mass is 9.89. The first-order valence-corrected chi connectivity index (χ1v) is 7.32. The number of rotatable bonds is 5. The minimum Gasteiger partial charge on any atom is -0.450 e. The van der Waals surface area contributed by atoms with Crippen LogP contribution in [0.15, 0.2) is 0 Å². The Hall–Kier alpha value is -0.770. The van der Waals surface area contributed by atoms with Gasteiger partial charge in [-0.25, -0.2) is 4.79 Å². The molecule has 1 saturated carbocycles. The van der Waals surface area contributed by atoms with E-state index in [0.29, 0.717) is 6.61 Å². The van der Waals surface area contributed by atoms with Gasteiger partial charge < -0.3 is 10.1 Å². The van der Waals surface area contributed by atoms with Gasteiger partial charge >= 0.3 is 6.09 Å². The van der Waals surface area contributed by atoms with Crippen LogP contribution in [-0.4, -0.2) is 42.7 Å². The van der Waals surface area contributed by atoms with E-state index in [1.807, 2.05) is 0 Å².